The highest BCUT2D eigenvalue weighted by atomic mass is 127. The third kappa shape index (κ3) is 6.60. The number of hydrogen-bond acceptors (Lipinski definition) is 4. The van der Waals surface area contributed by atoms with Gasteiger partial charge >= 0.3 is 0 Å². The molecular weight excluding hydrogens is 457 g/mol. The number of nitrogens with zero attached hydrogens (tertiary/aromatic N) is 3. The van der Waals surface area contributed by atoms with Gasteiger partial charge in [-0.25, -0.2) is 0 Å². The van der Waals surface area contributed by atoms with Crippen molar-refractivity contribution in [1.82, 2.24) is 20.4 Å². The van der Waals surface area contributed by atoms with E-state index >= 15 is 0 Å². The lowest BCUT2D eigenvalue weighted by Gasteiger charge is -2.18. The van der Waals surface area contributed by atoms with Crippen molar-refractivity contribution < 1.29 is 9.47 Å². The Balaban J connectivity index is 0.00000364. The molecule has 0 amide bonds. The molecule has 7 nitrogen and oxygen atoms in total. The van der Waals surface area contributed by atoms with Gasteiger partial charge in [-0.1, -0.05) is 0 Å². The first kappa shape index (κ1) is 23.1. The third-order valence-electron chi connectivity index (χ3n) is 4.27. The van der Waals surface area contributed by atoms with Crippen molar-refractivity contribution in [1.29, 1.82) is 0 Å². The summed E-state index contributed by atoms with van der Waals surface area (Å²) in [5.41, 5.74) is 3.38. The summed E-state index contributed by atoms with van der Waals surface area (Å²) in [6.45, 7) is 7.42. The molecule has 1 aromatic carbocycles. The van der Waals surface area contributed by atoms with Gasteiger partial charge in [0, 0.05) is 31.9 Å². The minimum atomic E-state index is -0.0104. The van der Waals surface area contributed by atoms with Crippen molar-refractivity contribution >= 4 is 29.9 Å². The molecule has 1 unspecified atom stereocenters. The van der Waals surface area contributed by atoms with Gasteiger partial charge in [0.15, 0.2) is 5.96 Å². The second kappa shape index (κ2) is 11.0. The predicted octanol–water partition coefficient (Wildman–Crippen LogP) is 2.80. The molecule has 1 aromatic heterocycles. The van der Waals surface area contributed by atoms with Gasteiger partial charge in [0.25, 0.3) is 0 Å². The minimum absolute atomic E-state index is 0. The van der Waals surface area contributed by atoms with Gasteiger partial charge in [-0.2, -0.15) is 5.10 Å². The lowest BCUT2D eigenvalue weighted by molar-refractivity contribution is 0.223. The molecule has 0 fully saturated rings. The van der Waals surface area contributed by atoms with Gasteiger partial charge in [0.2, 0.25) is 0 Å². The van der Waals surface area contributed by atoms with E-state index in [0.717, 1.165) is 28.8 Å². The van der Waals surface area contributed by atoms with Crippen LogP contribution in [0.3, 0.4) is 0 Å². The summed E-state index contributed by atoms with van der Waals surface area (Å²) in [6.07, 6.45) is -0.0104. The van der Waals surface area contributed by atoms with Crippen LogP contribution in [-0.4, -0.2) is 42.5 Å². The normalized spacial score (nSPS) is 12.1. The van der Waals surface area contributed by atoms with Crippen LogP contribution in [0.5, 0.6) is 11.5 Å². The summed E-state index contributed by atoms with van der Waals surface area (Å²) in [6, 6.07) is 7.57. The van der Waals surface area contributed by atoms with Crippen molar-refractivity contribution in [3.05, 3.63) is 41.2 Å². The fourth-order valence-electron chi connectivity index (χ4n) is 2.63. The molecule has 150 valence electrons. The third-order valence-corrected chi connectivity index (χ3v) is 4.27. The molecular formula is C19H30IN5O2. The highest BCUT2D eigenvalue weighted by molar-refractivity contribution is 14.0. The number of rotatable bonds is 7. The molecule has 27 heavy (non-hydrogen) atoms. The van der Waals surface area contributed by atoms with Crippen LogP contribution in [0.2, 0.25) is 0 Å². The largest absolute Gasteiger partial charge is 0.497 e. The highest BCUT2D eigenvalue weighted by Crippen LogP contribution is 2.18. The molecule has 2 rings (SSSR count). The van der Waals surface area contributed by atoms with Gasteiger partial charge in [-0.05, 0) is 45.0 Å². The number of aryl methyl sites for hydroxylation is 2. The molecule has 0 bridgehead atoms. The number of methoxy groups -OCH3 is 1. The van der Waals surface area contributed by atoms with Crippen LogP contribution in [0, 0.1) is 13.8 Å². The Kier molecular flexibility index (Phi) is 9.40. The van der Waals surface area contributed by atoms with Crippen LogP contribution in [0.1, 0.15) is 23.9 Å². The molecule has 0 aliphatic rings. The average Bonchev–Trinajstić information content (AvgIpc) is 2.88. The Hall–Kier alpha value is -1.97. The second-order valence-electron chi connectivity index (χ2n) is 6.18. The van der Waals surface area contributed by atoms with Gasteiger partial charge in [-0.3, -0.25) is 9.67 Å². The summed E-state index contributed by atoms with van der Waals surface area (Å²) in [4.78, 5) is 4.27. The van der Waals surface area contributed by atoms with Gasteiger partial charge in [0.05, 0.1) is 19.3 Å². The smallest absolute Gasteiger partial charge is 0.191 e. The van der Waals surface area contributed by atoms with Crippen LogP contribution in [-0.2, 0) is 13.6 Å². The first-order valence-electron chi connectivity index (χ1n) is 8.69. The van der Waals surface area contributed by atoms with E-state index in [9.17, 15) is 0 Å². The zero-order chi connectivity index (χ0) is 19.1. The maximum absolute atomic E-state index is 5.90. The zero-order valence-electron chi connectivity index (χ0n) is 16.9. The summed E-state index contributed by atoms with van der Waals surface area (Å²) in [5, 5.41) is 11.1. The van der Waals surface area contributed by atoms with Crippen molar-refractivity contribution in [2.24, 2.45) is 12.0 Å². The SMILES string of the molecule is CN=C(NCc1c(C)nn(C)c1C)NCC(C)Oc1ccc(OC)cc1.I. The molecule has 0 saturated heterocycles. The van der Waals surface area contributed by atoms with E-state index in [1.807, 2.05) is 49.8 Å². The maximum Gasteiger partial charge on any atom is 0.191 e. The first-order valence-corrected chi connectivity index (χ1v) is 8.69. The van der Waals surface area contributed by atoms with E-state index in [1.54, 1.807) is 14.2 Å². The second-order valence-corrected chi connectivity index (χ2v) is 6.18. The summed E-state index contributed by atoms with van der Waals surface area (Å²) >= 11 is 0. The van der Waals surface area contributed by atoms with Crippen molar-refractivity contribution in [3.63, 3.8) is 0 Å². The highest BCUT2D eigenvalue weighted by Gasteiger charge is 2.10. The molecule has 2 aromatic rings. The molecule has 0 spiro atoms. The Morgan fingerprint density at radius 1 is 1.19 bits per heavy atom. The van der Waals surface area contributed by atoms with Crippen molar-refractivity contribution in [2.75, 3.05) is 20.7 Å². The fraction of sp³-hybridized carbons (Fsp3) is 0.474. The van der Waals surface area contributed by atoms with Crippen LogP contribution in [0.15, 0.2) is 29.3 Å². The van der Waals surface area contributed by atoms with Crippen LogP contribution in [0.25, 0.3) is 0 Å². The number of hydrogen-bond donors (Lipinski definition) is 2. The summed E-state index contributed by atoms with van der Waals surface area (Å²) in [7, 11) is 5.36. The number of halogens is 1. The Morgan fingerprint density at radius 3 is 2.33 bits per heavy atom. The Morgan fingerprint density at radius 2 is 1.81 bits per heavy atom. The van der Waals surface area contributed by atoms with E-state index in [2.05, 4.69) is 27.6 Å². The van der Waals surface area contributed by atoms with E-state index in [-0.39, 0.29) is 30.1 Å². The van der Waals surface area contributed by atoms with Gasteiger partial charge in [0.1, 0.15) is 17.6 Å². The quantitative estimate of drug-likeness (QED) is 0.357. The standard InChI is InChI=1S/C19H29N5O2.HI/c1-13(26-17-9-7-16(25-6)8-10-17)11-21-19(20-4)22-12-18-14(2)23-24(5)15(18)3;/h7-10,13H,11-12H2,1-6H3,(H2,20,21,22);1H. The summed E-state index contributed by atoms with van der Waals surface area (Å²) in [5.74, 6) is 2.36. The fourth-order valence-corrected chi connectivity index (χ4v) is 2.63. The molecule has 0 radical (unpaired) electrons. The topological polar surface area (TPSA) is 72.7 Å². The monoisotopic (exact) mass is 487 g/mol. The summed E-state index contributed by atoms with van der Waals surface area (Å²) < 4.78 is 12.9. The number of guanidine groups is 1. The molecule has 1 heterocycles. The molecule has 8 heteroatoms. The molecule has 0 saturated carbocycles. The number of ether oxygens (including phenoxy) is 2. The number of benzene rings is 1. The zero-order valence-corrected chi connectivity index (χ0v) is 19.2. The Labute approximate surface area is 178 Å². The first-order chi connectivity index (χ1) is 12.4. The lowest BCUT2D eigenvalue weighted by atomic mass is 10.2. The number of aliphatic imine (C=N–C) groups is 1. The molecule has 0 aliphatic heterocycles. The van der Waals surface area contributed by atoms with Crippen LogP contribution < -0.4 is 20.1 Å². The van der Waals surface area contributed by atoms with Crippen LogP contribution >= 0.6 is 24.0 Å². The van der Waals surface area contributed by atoms with E-state index in [1.165, 1.54) is 5.56 Å². The van der Waals surface area contributed by atoms with Crippen molar-refractivity contribution in [3.8, 4) is 11.5 Å². The number of aromatic nitrogens is 2. The van der Waals surface area contributed by atoms with Gasteiger partial charge in [-0.15, -0.1) is 24.0 Å². The maximum atomic E-state index is 5.90. The minimum Gasteiger partial charge on any atom is -0.497 e. The van der Waals surface area contributed by atoms with Crippen molar-refractivity contribution in [2.45, 2.75) is 33.4 Å². The average molecular weight is 487 g/mol. The lowest BCUT2D eigenvalue weighted by Crippen LogP contribution is -2.41. The van der Waals surface area contributed by atoms with E-state index < -0.39 is 0 Å². The van der Waals surface area contributed by atoms with Crippen LogP contribution in [0.4, 0.5) is 0 Å². The van der Waals surface area contributed by atoms with E-state index in [0.29, 0.717) is 13.1 Å². The Bertz CT molecular complexity index is 743. The molecule has 0 aliphatic carbocycles. The molecule has 1 atom stereocenters. The van der Waals surface area contributed by atoms with Gasteiger partial charge < -0.3 is 20.1 Å². The number of nitrogens with one attached hydrogen (secondary N) is 2. The van der Waals surface area contributed by atoms with E-state index in [4.69, 9.17) is 9.47 Å². The predicted molar refractivity (Wildman–Crippen MR) is 119 cm³/mol. The molecule has 2 N–H and O–H groups in total.